The van der Waals surface area contributed by atoms with Crippen molar-refractivity contribution in [1.82, 2.24) is 4.72 Å². The number of halogens is 2. The third-order valence-electron chi connectivity index (χ3n) is 3.25. The van der Waals surface area contributed by atoms with E-state index in [-0.39, 0.29) is 22.2 Å². The molecule has 0 saturated carbocycles. The molecule has 2 aromatic carbocycles. The van der Waals surface area contributed by atoms with Gasteiger partial charge < -0.3 is 10.6 Å². The van der Waals surface area contributed by atoms with Crippen LogP contribution in [-0.4, -0.2) is 21.0 Å². The van der Waals surface area contributed by atoms with Crippen LogP contribution in [-0.2, 0) is 10.0 Å². The molecule has 0 unspecified atom stereocenters. The minimum absolute atomic E-state index is 0.00598. The van der Waals surface area contributed by atoms with E-state index in [4.69, 9.17) is 11.6 Å². The molecule has 0 fully saturated rings. The Morgan fingerprint density at radius 2 is 2.00 bits per heavy atom. The maximum absolute atomic E-state index is 13.1. The summed E-state index contributed by atoms with van der Waals surface area (Å²) >= 11 is 5.65. The van der Waals surface area contributed by atoms with Crippen LogP contribution in [0.3, 0.4) is 0 Å². The molecule has 3 rings (SSSR count). The Balaban J connectivity index is 1.90. The van der Waals surface area contributed by atoms with Crippen LogP contribution < -0.4 is 15.4 Å². The van der Waals surface area contributed by atoms with E-state index in [0.29, 0.717) is 11.4 Å². The maximum Gasteiger partial charge on any atom is 0.255 e. The minimum atomic E-state index is -3.65. The Hall–Kier alpha value is -2.16. The molecule has 0 aromatic heterocycles. The van der Waals surface area contributed by atoms with Crippen molar-refractivity contribution in [3.63, 3.8) is 0 Å². The second-order valence-electron chi connectivity index (χ2n) is 4.80. The molecule has 1 aliphatic rings. The Labute approximate surface area is 136 Å². The fourth-order valence-corrected chi connectivity index (χ4v) is 3.42. The number of nitrogens with one attached hydrogen (secondary N) is 3. The standard InChI is InChI=1S/C14H11ClFN3O3S/c15-10-6-9(2-3-11(10)16)19-14(20)8-1-4-12-13(5-8)23(21,22)18-7-17-12/h1-6,17-18H,7H2,(H,19,20). The summed E-state index contributed by atoms with van der Waals surface area (Å²) in [5.74, 6) is -1.13. The van der Waals surface area contributed by atoms with Gasteiger partial charge in [0.25, 0.3) is 5.91 Å². The normalized spacial score (nSPS) is 15.4. The summed E-state index contributed by atoms with van der Waals surface area (Å²) in [7, 11) is -3.65. The van der Waals surface area contributed by atoms with E-state index in [0.717, 1.165) is 6.07 Å². The summed E-state index contributed by atoms with van der Waals surface area (Å²) in [5.41, 5.74) is 0.877. The van der Waals surface area contributed by atoms with Gasteiger partial charge in [-0.3, -0.25) is 4.79 Å². The molecule has 0 bridgehead atoms. The monoisotopic (exact) mass is 355 g/mol. The van der Waals surface area contributed by atoms with Gasteiger partial charge in [-0.2, -0.15) is 4.72 Å². The van der Waals surface area contributed by atoms with E-state index in [1.54, 1.807) is 0 Å². The van der Waals surface area contributed by atoms with E-state index >= 15 is 0 Å². The average Bonchev–Trinajstić information content (AvgIpc) is 2.50. The van der Waals surface area contributed by atoms with Crippen LogP contribution in [0.5, 0.6) is 0 Å². The van der Waals surface area contributed by atoms with Crippen molar-refractivity contribution in [2.24, 2.45) is 0 Å². The fraction of sp³-hybridized carbons (Fsp3) is 0.0714. The van der Waals surface area contributed by atoms with Gasteiger partial charge in [0.1, 0.15) is 10.7 Å². The molecule has 0 atom stereocenters. The fourth-order valence-electron chi connectivity index (χ4n) is 2.11. The van der Waals surface area contributed by atoms with Gasteiger partial charge in [-0.1, -0.05) is 11.6 Å². The summed E-state index contributed by atoms with van der Waals surface area (Å²) in [6.45, 7) is 0.0922. The molecule has 1 aliphatic heterocycles. The summed E-state index contributed by atoms with van der Waals surface area (Å²) in [5, 5.41) is 5.28. The highest BCUT2D eigenvalue weighted by molar-refractivity contribution is 7.89. The van der Waals surface area contributed by atoms with Crippen LogP contribution in [0.1, 0.15) is 10.4 Å². The average molecular weight is 356 g/mol. The van der Waals surface area contributed by atoms with Crippen molar-refractivity contribution in [1.29, 1.82) is 0 Å². The second kappa shape index (κ2) is 5.80. The van der Waals surface area contributed by atoms with Crippen LogP contribution in [0, 0.1) is 5.82 Å². The zero-order chi connectivity index (χ0) is 16.6. The van der Waals surface area contributed by atoms with Gasteiger partial charge >= 0.3 is 0 Å². The second-order valence-corrected chi connectivity index (χ2v) is 6.94. The molecule has 0 saturated heterocycles. The number of carbonyl (C=O) groups is 1. The number of rotatable bonds is 2. The van der Waals surface area contributed by atoms with Gasteiger partial charge in [0, 0.05) is 11.3 Å². The molecule has 120 valence electrons. The lowest BCUT2D eigenvalue weighted by molar-refractivity contribution is 0.102. The predicted molar refractivity (Wildman–Crippen MR) is 84.6 cm³/mol. The Morgan fingerprint density at radius 3 is 2.74 bits per heavy atom. The van der Waals surface area contributed by atoms with Crippen molar-refractivity contribution in [3.8, 4) is 0 Å². The van der Waals surface area contributed by atoms with Gasteiger partial charge in [0.15, 0.2) is 0 Å². The Kier molecular flexibility index (Phi) is 3.97. The zero-order valence-electron chi connectivity index (χ0n) is 11.6. The smallest absolute Gasteiger partial charge is 0.255 e. The van der Waals surface area contributed by atoms with Crippen LogP contribution in [0.25, 0.3) is 0 Å². The summed E-state index contributed by atoms with van der Waals surface area (Å²) in [4.78, 5) is 12.2. The van der Waals surface area contributed by atoms with Crippen LogP contribution in [0.4, 0.5) is 15.8 Å². The molecule has 0 spiro atoms. The molecule has 1 heterocycles. The molecule has 9 heteroatoms. The van der Waals surface area contributed by atoms with Crippen molar-refractivity contribution in [2.75, 3.05) is 17.3 Å². The van der Waals surface area contributed by atoms with Crippen molar-refractivity contribution in [2.45, 2.75) is 4.90 Å². The highest BCUT2D eigenvalue weighted by Gasteiger charge is 2.24. The van der Waals surface area contributed by atoms with Gasteiger partial charge in [-0.15, -0.1) is 0 Å². The van der Waals surface area contributed by atoms with Crippen LogP contribution in [0.15, 0.2) is 41.3 Å². The number of hydrogen-bond donors (Lipinski definition) is 3. The molecule has 1 amide bonds. The molecule has 2 aromatic rings. The molecule has 23 heavy (non-hydrogen) atoms. The number of sulfonamides is 1. The van der Waals surface area contributed by atoms with Crippen molar-refractivity contribution < 1.29 is 17.6 Å². The van der Waals surface area contributed by atoms with Gasteiger partial charge in [-0.25, -0.2) is 12.8 Å². The lowest BCUT2D eigenvalue weighted by atomic mass is 10.2. The summed E-state index contributed by atoms with van der Waals surface area (Å²) < 4.78 is 39.3. The topological polar surface area (TPSA) is 87.3 Å². The third-order valence-corrected chi connectivity index (χ3v) is 4.98. The first-order valence-electron chi connectivity index (χ1n) is 6.51. The zero-order valence-corrected chi connectivity index (χ0v) is 13.1. The van der Waals surface area contributed by atoms with Gasteiger partial charge in [0.2, 0.25) is 10.0 Å². The summed E-state index contributed by atoms with van der Waals surface area (Å²) in [6.07, 6.45) is 0. The lowest BCUT2D eigenvalue weighted by Gasteiger charge is -2.19. The minimum Gasteiger partial charge on any atom is -0.370 e. The number of hydrogen-bond acceptors (Lipinski definition) is 4. The summed E-state index contributed by atoms with van der Waals surface area (Å²) in [6, 6.07) is 8.03. The first kappa shape index (κ1) is 15.7. The van der Waals surface area contributed by atoms with E-state index in [1.165, 1.54) is 30.3 Å². The van der Waals surface area contributed by atoms with Crippen LogP contribution in [0.2, 0.25) is 5.02 Å². The maximum atomic E-state index is 13.1. The first-order valence-corrected chi connectivity index (χ1v) is 8.37. The Morgan fingerprint density at radius 1 is 1.22 bits per heavy atom. The van der Waals surface area contributed by atoms with Gasteiger partial charge in [0.05, 0.1) is 17.4 Å². The van der Waals surface area contributed by atoms with E-state index in [2.05, 4.69) is 15.4 Å². The van der Waals surface area contributed by atoms with E-state index in [9.17, 15) is 17.6 Å². The number of fused-ring (bicyclic) bond motifs is 1. The van der Waals surface area contributed by atoms with Crippen LogP contribution >= 0.6 is 11.6 Å². The molecule has 0 radical (unpaired) electrons. The number of carbonyl (C=O) groups excluding carboxylic acids is 1. The number of anilines is 2. The van der Waals surface area contributed by atoms with Gasteiger partial charge in [-0.05, 0) is 36.4 Å². The van der Waals surface area contributed by atoms with Crippen molar-refractivity contribution >= 4 is 38.9 Å². The molecule has 3 N–H and O–H groups in total. The highest BCUT2D eigenvalue weighted by atomic mass is 35.5. The largest absolute Gasteiger partial charge is 0.370 e. The molecule has 6 nitrogen and oxygen atoms in total. The number of amides is 1. The molecule has 0 aliphatic carbocycles. The molecular formula is C14H11ClFN3O3S. The predicted octanol–water partition coefficient (Wildman–Crippen LogP) is 2.39. The SMILES string of the molecule is O=C(Nc1ccc(F)c(Cl)c1)c1ccc2c(c1)S(=O)(=O)NCN2. The quantitative estimate of drug-likeness (QED) is 0.772. The van der Waals surface area contributed by atoms with E-state index < -0.39 is 21.7 Å². The molecular weight excluding hydrogens is 345 g/mol. The van der Waals surface area contributed by atoms with Crippen molar-refractivity contribution in [3.05, 3.63) is 52.8 Å². The Bertz CT molecular complexity index is 902. The lowest BCUT2D eigenvalue weighted by Crippen LogP contribution is -2.34. The highest BCUT2D eigenvalue weighted by Crippen LogP contribution is 2.26. The third kappa shape index (κ3) is 3.14. The first-order chi connectivity index (χ1) is 10.9. The van der Waals surface area contributed by atoms with E-state index in [1.807, 2.05) is 0 Å². The number of benzene rings is 2.